The van der Waals surface area contributed by atoms with Gasteiger partial charge in [-0.25, -0.2) is 4.79 Å². The summed E-state index contributed by atoms with van der Waals surface area (Å²) in [5, 5.41) is 2.94. The van der Waals surface area contributed by atoms with Crippen molar-refractivity contribution in [2.75, 3.05) is 45.4 Å². The number of anilines is 1. The molecule has 9 heteroatoms. The zero-order chi connectivity index (χ0) is 21.7. The molecular weight excluding hydrogens is 390 g/mol. The molecule has 2 fully saturated rings. The smallest absolute Gasteiger partial charge is 0.317 e. The Morgan fingerprint density at radius 3 is 2.63 bits per heavy atom. The van der Waals surface area contributed by atoms with Crippen LogP contribution in [0.25, 0.3) is 0 Å². The third kappa shape index (κ3) is 4.77. The third-order valence-corrected chi connectivity index (χ3v) is 5.46. The number of hydrogen-bond donors (Lipinski definition) is 1. The molecule has 3 rings (SSSR count). The number of likely N-dealkylation sites (tertiary alicyclic amines) is 1. The van der Waals surface area contributed by atoms with Crippen molar-refractivity contribution in [3.05, 3.63) is 18.2 Å². The molecule has 0 radical (unpaired) electrons. The van der Waals surface area contributed by atoms with E-state index in [1.807, 2.05) is 0 Å². The van der Waals surface area contributed by atoms with E-state index in [1.165, 1.54) is 0 Å². The summed E-state index contributed by atoms with van der Waals surface area (Å²) in [6, 6.07) is 4.72. The van der Waals surface area contributed by atoms with Gasteiger partial charge in [0.1, 0.15) is 0 Å². The maximum Gasteiger partial charge on any atom is 0.317 e. The monoisotopic (exact) mass is 419 g/mol. The highest BCUT2D eigenvalue weighted by Crippen LogP contribution is 2.33. The van der Waals surface area contributed by atoms with Crippen molar-refractivity contribution in [2.24, 2.45) is 5.92 Å². The number of amides is 3. The van der Waals surface area contributed by atoms with Crippen molar-refractivity contribution in [3.63, 3.8) is 0 Å². The molecular formula is C21H29N3O6. The maximum atomic E-state index is 12.7. The number of hydrogen-bond acceptors (Lipinski definition) is 6. The Hall–Kier alpha value is -2.97. The predicted molar refractivity (Wildman–Crippen MR) is 110 cm³/mol. The summed E-state index contributed by atoms with van der Waals surface area (Å²) in [6.07, 6.45) is 1.69. The number of methoxy groups -OCH3 is 2. The first-order valence-corrected chi connectivity index (χ1v) is 10.2. The highest BCUT2D eigenvalue weighted by molar-refractivity contribution is 5.97. The summed E-state index contributed by atoms with van der Waals surface area (Å²) in [7, 11) is 3.09. The van der Waals surface area contributed by atoms with E-state index in [-0.39, 0.29) is 36.3 Å². The Balaban J connectivity index is 1.60. The summed E-state index contributed by atoms with van der Waals surface area (Å²) >= 11 is 0. The molecule has 0 aliphatic carbocycles. The molecule has 0 bridgehead atoms. The van der Waals surface area contributed by atoms with Gasteiger partial charge in [-0.15, -0.1) is 0 Å². The predicted octanol–water partition coefficient (Wildman–Crippen LogP) is 1.79. The average Bonchev–Trinajstić information content (AvgIpc) is 3.13. The Labute approximate surface area is 176 Å². The molecule has 0 aromatic heterocycles. The van der Waals surface area contributed by atoms with Gasteiger partial charge in [0.2, 0.25) is 5.91 Å². The fourth-order valence-electron chi connectivity index (χ4n) is 3.93. The second-order valence-corrected chi connectivity index (χ2v) is 7.43. The lowest BCUT2D eigenvalue weighted by atomic mass is 9.98. The van der Waals surface area contributed by atoms with Gasteiger partial charge >= 0.3 is 12.0 Å². The van der Waals surface area contributed by atoms with Gasteiger partial charge in [0.25, 0.3) is 0 Å². The fourth-order valence-corrected chi connectivity index (χ4v) is 3.93. The highest BCUT2D eigenvalue weighted by Gasteiger charge is 2.35. The van der Waals surface area contributed by atoms with Crippen LogP contribution in [0.15, 0.2) is 18.2 Å². The normalized spacial score (nSPS) is 21.4. The number of piperidine rings is 1. The maximum absolute atomic E-state index is 12.7. The van der Waals surface area contributed by atoms with Crippen molar-refractivity contribution in [3.8, 4) is 11.5 Å². The number of carbonyl (C=O) groups is 3. The molecule has 0 unspecified atom stereocenters. The van der Waals surface area contributed by atoms with E-state index in [2.05, 4.69) is 5.32 Å². The molecule has 2 heterocycles. The summed E-state index contributed by atoms with van der Waals surface area (Å²) in [5.74, 6) is 0.492. The molecule has 3 amide bonds. The molecule has 1 aromatic rings. The van der Waals surface area contributed by atoms with Crippen molar-refractivity contribution >= 4 is 23.6 Å². The molecule has 2 saturated heterocycles. The second-order valence-electron chi connectivity index (χ2n) is 7.43. The first-order valence-electron chi connectivity index (χ1n) is 10.2. The molecule has 1 aromatic carbocycles. The van der Waals surface area contributed by atoms with Gasteiger partial charge in [-0.2, -0.15) is 0 Å². The van der Waals surface area contributed by atoms with Gasteiger partial charge in [-0.1, -0.05) is 0 Å². The Bertz CT molecular complexity index is 799. The molecule has 2 atom stereocenters. The van der Waals surface area contributed by atoms with Crippen LogP contribution in [-0.2, 0) is 14.3 Å². The van der Waals surface area contributed by atoms with Crippen LogP contribution < -0.4 is 19.7 Å². The summed E-state index contributed by atoms with van der Waals surface area (Å²) in [4.78, 5) is 40.5. The molecule has 2 aliphatic rings. The van der Waals surface area contributed by atoms with Crippen LogP contribution in [-0.4, -0.2) is 69.3 Å². The minimum atomic E-state index is -0.305. The average molecular weight is 419 g/mol. The second kappa shape index (κ2) is 9.69. The number of nitrogens with one attached hydrogen (secondary N) is 1. The SMILES string of the molecule is CCOC(=O)[C@@H]1CCCN(C(=O)N[C@H]2CC(=O)N(c3ccc(OC)c(OC)c3)C2)C1. The van der Waals surface area contributed by atoms with Crippen molar-refractivity contribution < 1.29 is 28.6 Å². The van der Waals surface area contributed by atoms with Crippen LogP contribution in [0.3, 0.4) is 0 Å². The van der Waals surface area contributed by atoms with Crippen molar-refractivity contribution in [1.82, 2.24) is 10.2 Å². The van der Waals surface area contributed by atoms with Gasteiger partial charge in [0.05, 0.1) is 32.8 Å². The number of urea groups is 1. The zero-order valence-corrected chi connectivity index (χ0v) is 17.7. The van der Waals surface area contributed by atoms with E-state index in [4.69, 9.17) is 14.2 Å². The summed E-state index contributed by atoms with van der Waals surface area (Å²) in [6.45, 7) is 3.39. The Kier molecular flexibility index (Phi) is 7.02. The van der Waals surface area contributed by atoms with Gasteiger partial charge < -0.3 is 29.3 Å². The van der Waals surface area contributed by atoms with Crippen LogP contribution in [0.5, 0.6) is 11.5 Å². The zero-order valence-electron chi connectivity index (χ0n) is 17.7. The lowest BCUT2D eigenvalue weighted by Crippen LogP contribution is -2.50. The van der Waals surface area contributed by atoms with Crippen molar-refractivity contribution in [2.45, 2.75) is 32.2 Å². The molecule has 0 spiro atoms. The van der Waals surface area contributed by atoms with Crippen LogP contribution in [0, 0.1) is 5.92 Å². The van der Waals surface area contributed by atoms with E-state index in [0.29, 0.717) is 43.4 Å². The Morgan fingerprint density at radius 2 is 1.93 bits per heavy atom. The van der Waals surface area contributed by atoms with Crippen molar-refractivity contribution in [1.29, 1.82) is 0 Å². The molecule has 2 aliphatic heterocycles. The van der Waals surface area contributed by atoms with Crippen LogP contribution in [0.1, 0.15) is 26.2 Å². The molecule has 0 saturated carbocycles. The fraction of sp³-hybridized carbons (Fsp3) is 0.571. The summed E-state index contributed by atoms with van der Waals surface area (Å²) < 4.78 is 15.6. The number of nitrogens with zero attached hydrogens (tertiary/aromatic N) is 2. The van der Waals surface area contributed by atoms with Crippen LogP contribution >= 0.6 is 0 Å². The molecule has 9 nitrogen and oxygen atoms in total. The lowest BCUT2D eigenvalue weighted by molar-refractivity contribution is -0.149. The highest BCUT2D eigenvalue weighted by atomic mass is 16.5. The topological polar surface area (TPSA) is 97.4 Å². The van der Waals surface area contributed by atoms with Gasteiger partial charge in [0.15, 0.2) is 11.5 Å². The number of carbonyl (C=O) groups excluding carboxylic acids is 3. The van der Waals surface area contributed by atoms with E-state index >= 15 is 0 Å². The number of rotatable bonds is 6. The van der Waals surface area contributed by atoms with Gasteiger partial charge in [-0.05, 0) is 31.9 Å². The molecule has 1 N–H and O–H groups in total. The van der Waals surface area contributed by atoms with Gasteiger partial charge in [-0.3, -0.25) is 9.59 Å². The quantitative estimate of drug-likeness (QED) is 0.706. The third-order valence-electron chi connectivity index (χ3n) is 5.46. The first kappa shape index (κ1) is 21.7. The number of esters is 1. The van der Waals surface area contributed by atoms with E-state index in [9.17, 15) is 14.4 Å². The summed E-state index contributed by atoms with van der Waals surface area (Å²) in [5.41, 5.74) is 0.690. The van der Waals surface area contributed by atoms with E-state index in [1.54, 1.807) is 49.1 Å². The molecule has 164 valence electrons. The largest absolute Gasteiger partial charge is 0.493 e. The Morgan fingerprint density at radius 1 is 1.17 bits per heavy atom. The van der Waals surface area contributed by atoms with Crippen LogP contribution in [0.2, 0.25) is 0 Å². The lowest BCUT2D eigenvalue weighted by Gasteiger charge is -2.32. The standard InChI is InChI=1S/C21H29N3O6/c1-4-30-20(26)14-6-5-9-23(12-14)21(27)22-15-10-19(25)24(13-15)16-7-8-17(28-2)18(11-16)29-3/h7-8,11,14-15H,4-6,9-10,12-13H2,1-3H3,(H,22,27)/t14-,15+/m1/s1. The minimum absolute atomic E-state index is 0.0736. The molecule has 30 heavy (non-hydrogen) atoms. The van der Waals surface area contributed by atoms with E-state index in [0.717, 1.165) is 12.8 Å². The van der Waals surface area contributed by atoms with E-state index < -0.39 is 0 Å². The first-order chi connectivity index (χ1) is 14.5. The number of ether oxygens (including phenoxy) is 3. The van der Waals surface area contributed by atoms with Crippen LogP contribution in [0.4, 0.5) is 10.5 Å². The number of benzene rings is 1. The minimum Gasteiger partial charge on any atom is -0.493 e. The van der Waals surface area contributed by atoms with Gasteiger partial charge in [0, 0.05) is 37.8 Å².